The number of rotatable bonds is 2. The fourth-order valence-corrected chi connectivity index (χ4v) is 2.89. The predicted molar refractivity (Wildman–Crippen MR) is 60.1 cm³/mol. The van der Waals surface area contributed by atoms with E-state index in [1.54, 1.807) is 0 Å². The Kier molecular flexibility index (Phi) is 3.82. The fraction of sp³-hybridized carbons (Fsp3) is 0.917. The molecule has 0 aromatic heterocycles. The van der Waals surface area contributed by atoms with Crippen molar-refractivity contribution < 1.29 is 14.3 Å². The van der Waals surface area contributed by atoms with E-state index in [-0.39, 0.29) is 17.4 Å². The summed E-state index contributed by atoms with van der Waals surface area (Å²) in [4.78, 5) is 12.0. The number of hydrogen-bond acceptors (Lipinski definition) is 4. The number of hydrogen-bond donors (Lipinski definition) is 1. The second-order valence-corrected chi connectivity index (χ2v) is 4.64. The van der Waals surface area contributed by atoms with Gasteiger partial charge in [0.05, 0.1) is 12.5 Å². The maximum Gasteiger partial charge on any atom is 0.310 e. The fourth-order valence-electron chi connectivity index (χ4n) is 2.89. The van der Waals surface area contributed by atoms with Gasteiger partial charge in [0, 0.05) is 18.8 Å². The number of nitrogens with one attached hydrogen (secondary N) is 1. The molecule has 0 aromatic rings. The van der Waals surface area contributed by atoms with E-state index in [4.69, 9.17) is 9.47 Å². The molecule has 0 aliphatic carbocycles. The molecule has 1 spiro atoms. The van der Waals surface area contributed by atoms with Gasteiger partial charge in [0.2, 0.25) is 0 Å². The van der Waals surface area contributed by atoms with Crippen LogP contribution in [0.25, 0.3) is 0 Å². The molecule has 4 heteroatoms. The van der Waals surface area contributed by atoms with Crippen molar-refractivity contribution in [3.8, 4) is 0 Å². The van der Waals surface area contributed by atoms with E-state index >= 15 is 0 Å². The Balaban J connectivity index is 2.09. The average Bonchev–Trinajstić information content (AvgIpc) is 2.31. The largest absolute Gasteiger partial charge is 0.466 e. The molecule has 2 aliphatic rings. The van der Waals surface area contributed by atoms with Crippen molar-refractivity contribution in [2.45, 2.75) is 38.1 Å². The van der Waals surface area contributed by atoms with Gasteiger partial charge in [-0.2, -0.15) is 0 Å². The molecule has 1 unspecified atom stereocenters. The molecule has 0 bridgehead atoms. The van der Waals surface area contributed by atoms with Gasteiger partial charge in [0.15, 0.2) is 0 Å². The van der Waals surface area contributed by atoms with Gasteiger partial charge in [-0.15, -0.1) is 0 Å². The van der Waals surface area contributed by atoms with E-state index in [0.717, 1.165) is 45.4 Å². The Morgan fingerprint density at radius 2 is 2.25 bits per heavy atom. The Morgan fingerprint density at radius 1 is 1.50 bits per heavy atom. The molecule has 2 rings (SSSR count). The quantitative estimate of drug-likeness (QED) is 0.718. The van der Waals surface area contributed by atoms with Gasteiger partial charge < -0.3 is 14.8 Å². The summed E-state index contributed by atoms with van der Waals surface area (Å²) in [5.74, 6) is -0.0123. The molecule has 2 heterocycles. The molecule has 1 atom stereocenters. The van der Waals surface area contributed by atoms with E-state index in [0.29, 0.717) is 6.61 Å². The van der Waals surface area contributed by atoms with Gasteiger partial charge in [0.1, 0.15) is 0 Å². The molecule has 92 valence electrons. The average molecular weight is 227 g/mol. The van der Waals surface area contributed by atoms with Crippen molar-refractivity contribution in [1.82, 2.24) is 5.32 Å². The molecule has 0 saturated carbocycles. The summed E-state index contributed by atoms with van der Waals surface area (Å²) in [7, 11) is 0. The van der Waals surface area contributed by atoms with E-state index in [1.165, 1.54) is 0 Å². The summed E-state index contributed by atoms with van der Waals surface area (Å²) < 4.78 is 10.6. The highest BCUT2D eigenvalue weighted by atomic mass is 16.5. The Hall–Kier alpha value is -0.610. The number of carbonyl (C=O) groups is 1. The second kappa shape index (κ2) is 5.15. The van der Waals surface area contributed by atoms with Crippen LogP contribution in [-0.2, 0) is 14.3 Å². The Labute approximate surface area is 96.7 Å². The highest BCUT2D eigenvalue weighted by Crippen LogP contribution is 2.35. The van der Waals surface area contributed by atoms with Crippen molar-refractivity contribution in [2.24, 2.45) is 5.92 Å². The van der Waals surface area contributed by atoms with Crippen LogP contribution >= 0.6 is 0 Å². The van der Waals surface area contributed by atoms with Crippen LogP contribution in [0.15, 0.2) is 0 Å². The summed E-state index contributed by atoms with van der Waals surface area (Å²) in [6.07, 6.45) is 3.87. The van der Waals surface area contributed by atoms with E-state index in [1.807, 2.05) is 6.92 Å². The van der Waals surface area contributed by atoms with Gasteiger partial charge in [-0.05, 0) is 39.2 Å². The summed E-state index contributed by atoms with van der Waals surface area (Å²) in [5.41, 5.74) is -0.0528. The topological polar surface area (TPSA) is 47.6 Å². The molecule has 2 saturated heterocycles. The molecule has 1 N–H and O–H groups in total. The maximum atomic E-state index is 12.0. The van der Waals surface area contributed by atoms with Gasteiger partial charge in [-0.25, -0.2) is 0 Å². The maximum absolute atomic E-state index is 12.0. The van der Waals surface area contributed by atoms with Crippen LogP contribution in [0.2, 0.25) is 0 Å². The first kappa shape index (κ1) is 11.9. The van der Waals surface area contributed by atoms with Crippen molar-refractivity contribution >= 4 is 5.97 Å². The molecule has 16 heavy (non-hydrogen) atoms. The highest BCUT2D eigenvalue weighted by molar-refractivity contribution is 5.74. The van der Waals surface area contributed by atoms with Crippen LogP contribution in [0.1, 0.15) is 32.6 Å². The first-order valence-corrected chi connectivity index (χ1v) is 6.28. The zero-order chi connectivity index (χ0) is 11.4. The molecule has 0 radical (unpaired) electrons. The third kappa shape index (κ3) is 2.23. The zero-order valence-corrected chi connectivity index (χ0v) is 9.96. The summed E-state index contributed by atoms with van der Waals surface area (Å²) >= 11 is 0. The number of esters is 1. The van der Waals surface area contributed by atoms with Gasteiger partial charge in [-0.3, -0.25) is 4.79 Å². The summed E-state index contributed by atoms with van der Waals surface area (Å²) in [5, 5.41) is 3.54. The number of piperidine rings is 1. The smallest absolute Gasteiger partial charge is 0.310 e. The molecule has 4 nitrogen and oxygen atoms in total. The monoisotopic (exact) mass is 227 g/mol. The van der Waals surface area contributed by atoms with Gasteiger partial charge in [-0.1, -0.05) is 0 Å². The van der Waals surface area contributed by atoms with Crippen molar-refractivity contribution in [3.63, 3.8) is 0 Å². The minimum Gasteiger partial charge on any atom is -0.466 e. The lowest BCUT2D eigenvalue weighted by atomic mass is 9.73. The molecule has 0 amide bonds. The van der Waals surface area contributed by atoms with Crippen LogP contribution in [0.3, 0.4) is 0 Å². The first-order chi connectivity index (χ1) is 7.78. The standard InChI is InChI=1S/C12H21NO3/c1-2-16-11(14)10-4-3-7-13-12(10)5-8-15-9-6-12/h10,13H,2-9H2,1H3. The van der Waals surface area contributed by atoms with Crippen LogP contribution in [0, 0.1) is 5.92 Å². The zero-order valence-electron chi connectivity index (χ0n) is 9.96. The van der Waals surface area contributed by atoms with E-state index < -0.39 is 0 Å². The lowest BCUT2D eigenvalue weighted by Crippen LogP contribution is -2.60. The second-order valence-electron chi connectivity index (χ2n) is 4.64. The Bertz CT molecular complexity index is 240. The van der Waals surface area contributed by atoms with E-state index in [9.17, 15) is 4.79 Å². The predicted octanol–water partition coefficient (Wildman–Crippen LogP) is 1.10. The van der Waals surface area contributed by atoms with Crippen LogP contribution in [-0.4, -0.2) is 37.9 Å². The third-order valence-corrected chi connectivity index (χ3v) is 3.77. The molecule has 0 aromatic carbocycles. The van der Waals surface area contributed by atoms with Gasteiger partial charge >= 0.3 is 5.97 Å². The first-order valence-electron chi connectivity index (χ1n) is 6.28. The van der Waals surface area contributed by atoms with Crippen LogP contribution < -0.4 is 5.32 Å². The highest BCUT2D eigenvalue weighted by Gasteiger charge is 2.46. The molecular formula is C12H21NO3. The number of carbonyl (C=O) groups excluding carboxylic acids is 1. The third-order valence-electron chi connectivity index (χ3n) is 3.77. The van der Waals surface area contributed by atoms with Crippen molar-refractivity contribution in [3.05, 3.63) is 0 Å². The summed E-state index contributed by atoms with van der Waals surface area (Å²) in [6.45, 7) is 4.86. The minimum atomic E-state index is -0.0528. The molecule has 2 aliphatic heterocycles. The van der Waals surface area contributed by atoms with E-state index in [2.05, 4.69) is 5.32 Å². The van der Waals surface area contributed by atoms with Gasteiger partial charge in [0.25, 0.3) is 0 Å². The minimum absolute atomic E-state index is 0.0186. The SMILES string of the molecule is CCOC(=O)C1CCCNC12CCOCC2. The van der Waals surface area contributed by atoms with Crippen molar-refractivity contribution in [1.29, 1.82) is 0 Å². The molecule has 2 fully saturated rings. The van der Waals surface area contributed by atoms with Crippen molar-refractivity contribution in [2.75, 3.05) is 26.4 Å². The lowest BCUT2D eigenvalue weighted by Gasteiger charge is -2.46. The van der Waals surface area contributed by atoms with Crippen LogP contribution in [0.4, 0.5) is 0 Å². The Morgan fingerprint density at radius 3 is 2.94 bits per heavy atom. The summed E-state index contributed by atoms with van der Waals surface area (Å²) in [6, 6.07) is 0. The molecular weight excluding hydrogens is 206 g/mol. The normalized spacial score (nSPS) is 28.9. The van der Waals surface area contributed by atoms with Crippen LogP contribution in [0.5, 0.6) is 0 Å². The lowest BCUT2D eigenvalue weighted by molar-refractivity contribution is -0.155. The number of ether oxygens (including phenoxy) is 2.